The van der Waals surface area contributed by atoms with Crippen LogP contribution in [0.4, 0.5) is 0 Å². The van der Waals surface area contributed by atoms with Gasteiger partial charge in [-0.25, -0.2) is 0 Å². The predicted molar refractivity (Wildman–Crippen MR) is 105 cm³/mol. The van der Waals surface area contributed by atoms with Crippen molar-refractivity contribution in [3.63, 3.8) is 0 Å². The maximum absolute atomic E-state index is 12.9. The van der Waals surface area contributed by atoms with E-state index in [4.69, 9.17) is 0 Å². The van der Waals surface area contributed by atoms with Crippen molar-refractivity contribution >= 4 is 5.91 Å². The monoisotopic (exact) mass is 358 g/mol. The third kappa shape index (κ3) is 5.00. The molecule has 0 saturated heterocycles. The molecule has 26 heavy (non-hydrogen) atoms. The number of phenolic OH excluding ortho intramolecular Hbond substituents is 1. The van der Waals surface area contributed by atoms with Crippen LogP contribution in [0.25, 0.3) is 0 Å². The molecule has 1 aromatic carbocycles. The molecule has 2 atom stereocenters. The Morgan fingerprint density at radius 3 is 2.62 bits per heavy atom. The van der Waals surface area contributed by atoms with Gasteiger partial charge in [-0.05, 0) is 47.9 Å². The topological polar surface area (TPSA) is 61.4 Å². The van der Waals surface area contributed by atoms with Crippen LogP contribution in [-0.2, 0) is 17.8 Å². The lowest BCUT2D eigenvalue weighted by molar-refractivity contribution is -0.124. The van der Waals surface area contributed by atoms with Gasteiger partial charge in [-0.3, -0.25) is 4.79 Å². The number of carbonyl (C=O) groups is 1. The molecule has 3 rings (SSSR count). The summed E-state index contributed by atoms with van der Waals surface area (Å²) in [7, 11) is 0. The van der Waals surface area contributed by atoms with Crippen molar-refractivity contribution in [3.8, 4) is 5.75 Å². The van der Waals surface area contributed by atoms with E-state index in [-0.39, 0.29) is 23.7 Å². The first-order valence-corrected chi connectivity index (χ1v) is 10.4. The number of nitrogens with one attached hydrogen (secondary N) is 2. The molecule has 0 bridgehead atoms. The Hall–Kier alpha value is -1.55. The van der Waals surface area contributed by atoms with Gasteiger partial charge in [-0.1, -0.05) is 58.4 Å². The van der Waals surface area contributed by atoms with Crippen LogP contribution in [0.15, 0.2) is 18.2 Å². The zero-order chi connectivity index (χ0) is 18.5. The smallest absolute Gasteiger partial charge is 0.237 e. The largest absolute Gasteiger partial charge is 0.508 e. The summed E-state index contributed by atoms with van der Waals surface area (Å²) in [6, 6.07) is 5.52. The Morgan fingerprint density at radius 2 is 1.92 bits per heavy atom. The summed E-state index contributed by atoms with van der Waals surface area (Å²) in [6.45, 7) is 5.07. The number of hydrogen-bond acceptors (Lipinski definition) is 3. The molecule has 1 aromatic rings. The molecule has 3 N–H and O–H groups in total. The first-order chi connectivity index (χ1) is 12.5. The highest BCUT2D eigenvalue weighted by molar-refractivity contribution is 5.82. The van der Waals surface area contributed by atoms with Gasteiger partial charge in [0.25, 0.3) is 0 Å². The average Bonchev–Trinajstić information content (AvgIpc) is 2.89. The van der Waals surface area contributed by atoms with E-state index in [1.165, 1.54) is 38.5 Å². The third-order valence-electron chi connectivity index (χ3n) is 6.16. The molecule has 0 radical (unpaired) electrons. The number of benzene rings is 1. The van der Waals surface area contributed by atoms with Crippen LogP contribution in [0.2, 0.25) is 0 Å². The molecule has 1 aliphatic heterocycles. The molecule has 4 nitrogen and oxygen atoms in total. The molecule has 1 amide bonds. The molecule has 1 aliphatic carbocycles. The minimum absolute atomic E-state index is 0.121. The Labute approximate surface area is 157 Å². The Morgan fingerprint density at radius 1 is 1.19 bits per heavy atom. The van der Waals surface area contributed by atoms with Crippen LogP contribution < -0.4 is 10.6 Å². The summed E-state index contributed by atoms with van der Waals surface area (Å²) < 4.78 is 0. The van der Waals surface area contributed by atoms with E-state index in [0.29, 0.717) is 18.9 Å². The summed E-state index contributed by atoms with van der Waals surface area (Å²) in [4.78, 5) is 12.9. The fourth-order valence-electron chi connectivity index (χ4n) is 4.43. The first kappa shape index (κ1) is 19.2. The van der Waals surface area contributed by atoms with Crippen molar-refractivity contribution in [1.82, 2.24) is 10.6 Å². The SMILES string of the molecule is CC(C)[C@@H](CC1CCCCCC1)NC(=O)[C@H]1Cc2ccc(O)cc2CN1. The predicted octanol–water partition coefficient (Wildman–Crippen LogP) is 3.91. The molecule has 0 aromatic heterocycles. The minimum atomic E-state index is -0.178. The summed E-state index contributed by atoms with van der Waals surface area (Å²) >= 11 is 0. The number of aromatic hydroxyl groups is 1. The quantitative estimate of drug-likeness (QED) is 0.700. The summed E-state index contributed by atoms with van der Waals surface area (Å²) in [6.07, 6.45) is 9.87. The molecule has 1 fully saturated rings. The second-order valence-corrected chi connectivity index (χ2v) is 8.54. The number of hydrogen-bond donors (Lipinski definition) is 3. The van der Waals surface area contributed by atoms with Crippen LogP contribution in [0, 0.1) is 11.8 Å². The van der Waals surface area contributed by atoms with Gasteiger partial charge in [0.05, 0.1) is 6.04 Å². The second kappa shape index (κ2) is 8.90. The van der Waals surface area contributed by atoms with Gasteiger partial charge in [0.2, 0.25) is 5.91 Å². The first-order valence-electron chi connectivity index (χ1n) is 10.4. The van der Waals surface area contributed by atoms with E-state index in [2.05, 4.69) is 24.5 Å². The lowest BCUT2D eigenvalue weighted by Gasteiger charge is -2.31. The highest BCUT2D eigenvalue weighted by Gasteiger charge is 2.28. The number of rotatable bonds is 5. The van der Waals surface area contributed by atoms with Gasteiger partial charge in [-0.15, -0.1) is 0 Å². The van der Waals surface area contributed by atoms with E-state index < -0.39 is 0 Å². The summed E-state index contributed by atoms with van der Waals surface area (Å²) in [5, 5.41) is 16.3. The Bertz CT molecular complexity index is 606. The summed E-state index contributed by atoms with van der Waals surface area (Å²) in [5.41, 5.74) is 2.25. The molecule has 1 heterocycles. The maximum Gasteiger partial charge on any atom is 0.237 e. The van der Waals surface area contributed by atoms with Crippen molar-refractivity contribution < 1.29 is 9.90 Å². The molecule has 0 spiro atoms. The van der Waals surface area contributed by atoms with Gasteiger partial charge in [0.1, 0.15) is 5.75 Å². The van der Waals surface area contributed by atoms with E-state index in [9.17, 15) is 9.90 Å². The van der Waals surface area contributed by atoms with Crippen LogP contribution in [-0.4, -0.2) is 23.1 Å². The summed E-state index contributed by atoms with van der Waals surface area (Å²) in [5.74, 6) is 1.62. The molecule has 4 heteroatoms. The van der Waals surface area contributed by atoms with E-state index in [1.807, 2.05) is 6.07 Å². The van der Waals surface area contributed by atoms with Crippen molar-refractivity contribution in [2.24, 2.45) is 11.8 Å². The number of phenols is 1. The van der Waals surface area contributed by atoms with Gasteiger partial charge in [0, 0.05) is 12.6 Å². The molecule has 1 saturated carbocycles. The zero-order valence-corrected chi connectivity index (χ0v) is 16.3. The normalized spacial score (nSPS) is 22.5. The fourth-order valence-corrected chi connectivity index (χ4v) is 4.43. The average molecular weight is 359 g/mol. The zero-order valence-electron chi connectivity index (χ0n) is 16.3. The second-order valence-electron chi connectivity index (χ2n) is 8.54. The lowest BCUT2D eigenvalue weighted by Crippen LogP contribution is -2.51. The highest BCUT2D eigenvalue weighted by atomic mass is 16.3. The Kier molecular flexibility index (Phi) is 6.58. The van der Waals surface area contributed by atoms with Crippen molar-refractivity contribution in [1.29, 1.82) is 0 Å². The van der Waals surface area contributed by atoms with Gasteiger partial charge < -0.3 is 15.7 Å². The number of amides is 1. The molecule has 144 valence electrons. The lowest BCUT2D eigenvalue weighted by atomic mass is 9.87. The standard InChI is InChI=1S/C22H34N2O2/c1-15(2)20(11-16-7-5-3-4-6-8-16)24-22(26)21-13-17-9-10-19(25)12-18(17)14-23-21/h9-10,12,15-16,20-21,23,25H,3-8,11,13-14H2,1-2H3,(H,24,26)/t20-,21-/m1/s1. The van der Waals surface area contributed by atoms with Gasteiger partial charge >= 0.3 is 0 Å². The Balaban J connectivity index is 1.58. The van der Waals surface area contributed by atoms with Crippen molar-refractivity contribution in [2.75, 3.05) is 0 Å². The molecule has 2 aliphatic rings. The van der Waals surface area contributed by atoms with Gasteiger partial charge in [-0.2, -0.15) is 0 Å². The van der Waals surface area contributed by atoms with E-state index >= 15 is 0 Å². The number of carbonyl (C=O) groups excluding carboxylic acids is 1. The van der Waals surface area contributed by atoms with E-state index in [0.717, 1.165) is 23.5 Å². The van der Waals surface area contributed by atoms with E-state index in [1.54, 1.807) is 12.1 Å². The van der Waals surface area contributed by atoms with Gasteiger partial charge in [0.15, 0.2) is 0 Å². The van der Waals surface area contributed by atoms with Crippen LogP contribution in [0.1, 0.15) is 69.9 Å². The van der Waals surface area contributed by atoms with Crippen LogP contribution in [0.3, 0.4) is 0 Å². The maximum atomic E-state index is 12.9. The molecular formula is C22H34N2O2. The number of fused-ring (bicyclic) bond motifs is 1. The molecular weight excluding hydrogens is 324 g/mol. The van der Waals surface area contributed by atoms with Crippen LogP contribution in [0.5, 0.6) is 5.75 Å². The van der Waals surface area contributed by atoms with Crippen molar-refractivity contribution in [3.05, 3.63) is 29.3 Å². The van der Waals surface area contributed by atoms with Crippen molar-refractivity contribution in [2.45, 2.75) is 83.8 Å². The van der Waals surface area contributed by atoms with Crippen LogP contribution >= 0.6 is 0 Å². The fraction of sp³-hybridized carbons (Fsp3) is 0.682. The highest BCUT2D eigenvalue weighted by Crippen LogP contribution is 2.28. The minimum Gasteiger partial charge on any atom is -0.508 e. The third-order valence-corrected chi connectivity index (χ3v) is 6.16. The molecule has 0 unspecified atom stereocenters.